The quantitative estimate of drug-likeness (QED) is 0.522. The highest BCUT2D eigenvalue weighted by Gasteiger charge is 2.23. The maximum atomic E-state index is 12.5. The summed E-state index contributed by atoms with van der Waals surface area (Å²) < 4.78 is 7.62. The van der Waals surface area contributed by atoms with Gasteiger partial charge in [-0.2, -0.15) is 0 Å². The standard InChI is InChI=1S/C24H29N5O2S/c1-18-10-12-19(13-11-18)16-25-22(30)17-32-24-27-26-23(28-14-6-3-7-15-28)29(24)20-8-4-5-9-21(20)31-2/h4-5,8-13H,3,6-7,14-17H2,1-2H3,(H,25,30). The van der Waals surface area contributed by atoms with E-state index in [0.29, 0.717) is 11.7 Å². The lowest BCUT2D eigenvalue weighted by molar-refractivity contribution is -0.118. The molecule has 0 aliphatic carbocycles. The second-order valence-electron chi connectivity index (χ2n) is 7.89. The summed E-state index contributed by atoms with van der Waals surface area (Å²) in [6.45, 7) is 4.47. The fourth-order valence-corrected chi connectivity index (χ4v) is 4.54. The largest absolute Gasteiger partial charge is 0.495 e. The van der Waals surface area contributed by atoms with Crippen LogP contribution in [-0.2, 0) is 11.3 Å². The predicted molar refractivity (Wildman–Crippen MR) is 128 cm³/mol. The highest BCUT2D eigenvalue weighted by molar-refractivity contribution is 7.99. The number of ether oxygens (including phenoxy) is 1. The number of hydrogen-bond acceptors (Lipinski definition) is 6. The van der Waals surface area contributed by atoms with E-state index in [4.69, 9.17) is 4.74 Å². The first-order valence-electron chi connectivity index (χ1n) is 10.9. The molecule has 4 rings (SSSR count). The fourth-order valence-electron chi connectivity index (χ4n) is 3.77. The summed E-state index contributed by atoms with van der Waals surface area (Å²) in [4.78, 5) is 14.8. The number of amides is 1. The van der Waals surface area contributed by atoms with Crippen LogP contribution in [-0.4, -0.2) is 46.6 Å². The van der Waals surface area contributed by atoms with Gasteiger partial charge in [0.05, 0.1) is 18.6 Å². The molecule has 1 aliphatic rings. The normalized spacial score (nSPS) is 13.8. The summed E-state index contributed by atoms with van der Waals surface area (Å²) in [6.07, 6.45) is 3.52. The number of carbonyl (C=O) groups excluding carboxylic acids is 1. The van der Waals surface area contributed by atoms with Crippen LogP contribution in [0.2, 0.25) is 0 Å². The van der Waals surface area contributed by atoms with E-state index >= 15 is 0 Å². The first-order valence-corrected chi connectivity index (χ1v) is 11.9. The fraction of sp³-hybridized carbons (Fsp3) is 0.375. The number of carbonyl (C=O) groups is 1. The molecular formula is C24H29N5O2S. The van der Waals surface area contributed by atoms with E-state index in [0.717, 1.165) is 48.9 Å². The molecule has 8 heteroatoms. The molecule has 3 aromatic rings. The van der Waals surface area contributed by atoms with Gasteiger partial charge in [0.1, 0.15) is 5.75 Å². The number of thioether (sulfide) groups is 1. The minimum Gasteiger partial charge on any atom is -0.495 e. The Labute approximate surface area is 193 Å². The van der Waals surface area contributed by atoms with Gasteiger partial charge in [-0.15, -0.1) is 10.2 Å². The molecule has 1 aromatic heterocycles. The number of hydrogen-bond donors (Lipinski definition) is 1. The molecule has 1 fully saturated rings. The zero-order valence-corrected chi connectivity index (χ0v) is 19.4. The lowest BCUT2D eigenvalue weighted by Gasteiger charge is -2.28. The SMILES string of the molecule is COc1ccccc1-n1c(SCC(=O)NCc2ccc(C)cc2)nnc1N1CCCCC1. The number of anilines is 1. The van der Waals surface area contributed by atoms with Crippen molar-refractivity contribution in [1.82, 2.24) is 20.1 Å². The number of methoxy groups -OCH3 is 1. The lowest BCUT2D eigenvalue weighted by Crippen LogP contribution is -2.31. The summed E-state index contributed by atoms with van der Waals surface area (Å²) in [5.74, 6) is 1.77. The van der Waals surface area contributed by atoms with Crippen LogP contribution < -0.4 is 15.0 Å². The number of piperidine rings is 1. The number of rotatable bonds is 8. The summed E-state index contributed by atoms with van der Waals surface area (Å²) in [5, 5.41) is 12.6. The number of nitrogens with one attached hydrogen (secondary N) is 1. The topological polar surface area (TPSA) is 72.3 Å². The van der Waals surface area contributed by atoms with Crippen LogP contribution in [0.25, 0.3) is 5.69 Å². The summed E-state index contributed by atoms with van der Waals surface area (Å²) in [6, 6.07) is 16.0. The van der Waals surface area contributed by atoms with E-state index in [1.807, 2.05) is 53.1 Å². The van der Waals surface area contributed by atoms with Crippen LogP contribution in [0.3, 0.4) is 0 Å². The first kappa shape index (κ1) is 22.2. The predicted octanol–water partition coefficient (Wildman–Crippen LogP) is 3.98. The number of aryl methyl sites for hydroxylation is 1. The molecule has 2 aromatic carbocycles. The van der Waals surface area contributed by atoms with Gasteiger partial charge in [0, 0.05) is 19.6 Å². The van der Waals surface area contributed by atoms with E-state index in [2.05, 4.69) is 27.3 Å². The molecule has 2 heterocycles. The average molecular weight is 452 g/mol. The van der Waals surface area contributed by atoms with Crippen molar-refractivity contribution in [2.24, 2.45) is 0 Å². The molecule has 168 valence electrons. The Hall–Kier alpha value is -3.00. The van der Waals surface area contributed by atoms with Crippen LogP contribution in [0.1, 0.15) is 30.4 Å². The maximum Gasteiger partial charge on any atom is 0.232 e. The molecule has 0 atom stereocenters. The molecular weight excluding hydrogens is 422 g/mol. The van der Waals surface area contributed by atoms with Gasteiger partial charge < -0.3 is 15.0 Å². The molecule has 7 nitrogen and oxygen atoms in total. The van der Waals surface area contributed by atoms with Crippen LogP contribution in [0.15, 0.2) is 53.7 Å². The smallest absolute Gasteiger partial charge is 0.232 e. The summed E-state index contributed by atoms with van der Waals surface area (Å²) >= 11 is 1.39. The van der Waals surface area contributed by atoms with Gasteiger partial charge in [-0.05, 0) is 43.9 Å². The van der Waals surface area contributed by atoms with E-state index in [9.17, 15) is 4.79 Å². The highest BCUT2D eigenvalue weighted by Crippen LogP contribution is 2.32. The van der Waals surface area contributed by atoms with E-state index in [1.54, 1.807) is 7.11 Å². The Morgan fingerprint density at radius 3 is 2.56 bits per heavy atom. The van der Waals surface area contributed by atoms with E-state index in [-0.39, 0.29) is 11.7 Å². The maximum absolute atomic E-state index is 12.5. The van der Waals surface area contributed by atoms with E-state index < -0.39 is 0 Å². The Morgan fingerprint density at radius 1 is 1.06 bits per heavy atom. The van der Waals surface area contributed by atoms with Gasteiger partial charge in [-0.3, -0.25) is 9.36 Å². The first-order chi connectivity index (χ1) is 15.7. The Bertz CT molecular complexity index is 1040. The molecule has 0 radical (unpaired) electrons. The van der Waals surface area contributed by atoms with Crippen LogP contribution in [0.4, 0.5) is 5.95 Å². The summed E-state index contributed by atoms with van der Waals surface area (Å²) in [7, 11) is 1.66. The number of nitrogens with zero attached hydrogens (tertiary/aromatic N) is 4. The molecule has 1 N–H and O–H groups in total. The van der Waals surface area contributed by atoms with Crippen molar-refractivity contribution in [2.45, 2.75) is 37.9 Å². The second kappa shape index (κ2) is 10.5. The molecule has 0 spiro atoms. The minimum atomic E-state index is -0.0373. The van der Waals surface area contributed by atoms with Crippen molar-refractivity contribution in [1.29, 1.82) is 0 Å². The van der Waals surface area contributed by atoms with Gasteiger partial charge >= 0.3 is 0 Å². The molecule has 1 amide bonds. The van der Waals surface area contributed by atoms with Crippen molar-refractivity contribution >= 4 is 23.6 Å². The highest BCUT2D eigenvalue weighted by atomic mass is 32.2. The van der Waals surface area contributed by atoms with Crippen molar-refractivity contribution in [3.63, 3.8) is 0 Å². The van der Waals surface area contributed by atoms with Crippen LogP contribution in [0.5, 0.6) is 5.75 Å². The zero-order valence-electron chi connectivity index (χ0n) is 18.6. The van der Waals surface area contributed by atoms with Crippen molar-refractivity contribution in [3.05, 3.63) is 59.7 Å². The van der Waals surface area contributed by atoms with Gasteiger partial charge in [0.2, 0.25) is 11.9 Å². The van der Waals surface area contributed by atoms with Crippen molar-refractivity contribution < 1.29 is 9.53 Å². The summed E-state index contributed by atoms with van der Waals surface area (Å²) in [5.41, 5.74) is 3.16. The molecule has 0 unspecified atom stereocenters. The Balaban J connectivity index is 1.51. The minimum absolute atomic E-state index is 0.0373. The Morgan fingerprint density at radius 2 is 1.81 bits per heavy atom. The van der Waals surface area contributed by atoms with Gasteiger partial charge in [-0.1, -0.05) is 53.7 Å². The monoisotopic (exact) mass is 451 g/mol. The third-order valence-corrected chi connectivity index (χ3v) is 6.45. The Kier molecular flexibility index (Phi) is 7.32. The third kappa shape index (κ3) is 5.24. The van der Waals surface area contributed by atoms with Crippen LogP contribution >= 0.6 is 11.8 Å². The van der Waals surface area contributed by atoms with Gasteiger partial charge in [0.25, 0.3) is 0 Å². The molecule has 1 aliphatic heterocycles. The number of benzene rings is 2. The second-order valence-corrected chi connectivity index (χ2v) is 8.83. The van der Waals surface area contributed by atoms with Gasteiger partial charge in [-0.25, -0.2) is 0 Å². The molecule has 1 saturated heterocycles. The van der Waals surface area contributed by atoms with Crippen LogP contribution in [0, 0.1) is 6.92 Å². The van der Waals surface area contributed by atoms with Crippen molar-refractivity contribution in [2.75, 3.05) is 30.9 Å². The molecule has 0 bridgehead atoms. The number of aromatic nitrogens is 3. The third-order valence-electron chi connectivity index (χ3n) is 5.52. The lowest BCUT2D eigenvalue weighted by atomic mass is 10.1. The van der Waals surface area contributed by atoms with E-state index in [1.165, 1.54) is 23.7 Å². The van der Waals surface area contributed by atoms with Gasteiger partial charge in [0.15, 0.2) is 5.16 Å². The average Bonchev–Trinajstić information content (AvgIpc) is 3.26. The molecule has 0 saturated carbocycles. The number of para-hydroxylation sites is 2. The molecule has 32 heavy (non-hydrogen) atoms. The van der Waals surface area contributed by atoms with Crippen molar-refractivity contribution in [3.8, 4) is 11.4 Å². The zero-order chi connectivity index (χ0) is 22.3.